The number of hydrogen-bond acceptors (Lipinski definition) is 11. The van der Waals surface area contributed by atoms with Gasteiger partial charge in [0.2, 0.25) is 10.0 Å². The van der Waals surface area contributed by atoms with E-state index in [1.165, 1.54) is 15.6 Å². The third-order valence-corrected chi connectivity index (χ3v) is 13.4. The number of thiazole rings is 1. The first-order valence-electron chi connectivity index (χ1n) is 19.5. The van der Waals surface area contributed by atoms with Crippen molar-refractivity contribution in [3.8, 4) is 0 Å². The van der Waals surface area contributed by atoms with Crippen LogP contribution in [0.3, 0.4) is 0 Å². The molecule has 3 aliphatic rings. The molecule has 6 atom stereocenters. The summed E-state index contributed by atoms with van der Waals surface area (Å²) >= 11 is 1.35. The number of alkyl carbamates (subject to hydrolysis) is 1. The van der Waals surface area contributed by atoms with Gasteiger partial charge in [-0.05, 0) is 88.3 Å². The number of aliphatic hydroxyl groups is 1. The Bertz CT molecular complexity index is 1840. The Morgan fingerprint density at radius 1 is 1.05 bits per heavy atom. The fraction of sp³-hybridized carbons (Fsp3) is 0.641. The molecule has 3 unspecified atom stereocenters. The van der Waals surface area contributed by atoms with Crippen molar-refractivity contribution in [2.75, 3.05) is 38.2 Å². The van der Waals surface area contributed by atoms with Crippen molar-refractivity contribution in [1.82, 2.24) is 14.6 Å². The van der Waals surface area contributed by atoms with Crippen LogP contribution in [0.4, 0.5) is 18.7 Å². The number of aromatic nitrogens is 1. The Kier molecular flexibility index (Phi) is 14.4. The quantitative estimate of drug-likeness (QED) is 0.190. The van der Waals surface area contributed by atoms with Crippen LogP contribution in [0.5, 0.6) is 0 Å². The lowest BCUT2D eigenvalue weighted by Gasteiger charge is -2.31. The minimum atomic E-state index is -4.26. The maximum Gasteiger partial charge on any atom is 0.407 e. The number of ether oxygens (including phenoxy) is 4. The van der Waals surface area contributed by atoms with Crippen LogP contribution in [-0.4, -0.2) is 92.4 Å². The summed E-state index contributed by atoms with van der Waals surface area (Å²) in [7, 11) is -4.26. The van der Waals surface area contributed by atoms with E-state index in [-0.39, 0.29) is 54.2 Å². The highest BCUT2D eigenvalue weighted by molar-refractivity contribution is 7.89. The first-order chi connectivity index (χ1) is 26.4. The van der Waals surface area contributed by atoms with Crippen LogP contribution in [0.25, 0.3) is 10.2 Å². The number of rotatable bonds is 11. The molecule has 2 fully saturated rings. The number of hydrogen-bond donors (Lipinski definition) is 3. The molecule has 16 heteroatoms. The molecule has 12 nitrogen and oxygen atoms in total. The Hall–Kier alpha value is -2.99. The molecule has 55 heavy (non-hydrogen) atoms. The zero-order valence-corrected chi connectivity index (χ0v) is 33.4. The first kappa shape index (κ1) is 41.6. The van der Waals surface area contributed by atoms with Crippen LogP contribution < -0.4 is 10.6 Å². The van der Waals surface area contributed by atoms with Gasteiger partial charge in [-0.15, -0.1) is 0 Å². The van der Waals surface area contributed by atoms with E-state index in [9.17, 15) is 27.1 Å². The van der Waals surface area contributed by atoms with Gasteiger partial charge in [-0.2, -0.15) is 4.31 Å². The molecule has 1 saturated heterocycles. The topological polar surface area (TPSA) is 149 Å². The molecular weight excluding hydrogens is 755 g/mol. The number of β-amino-alcohol motifs (C(OH)–C–C–N with tert-alkyl or cyclic N) is 1. The summed E-state index contributed by atoms with van der Waals surface area (Å²) in [5.74, 6) is -1.59. The van der Waals surface area contributed by atoms with Gasteiger partial charge < -0.3 is 34.7 Å². The summed E-state index contributed by atoms with van der Waals surface area (Å²) in [6, 6.07) is 5.32. The highest BCUT2D eigenvalue weighted by Gasteiger charge is 2.45. The average Bonchev–Trinajstić information content (AvgIpc) is 3.66. The summed E-state index contributed by atoms with van der Waals surface area (Å²) in [4.78, 5) is 18.2. The Labute approximate surface area is 326 Å². The molecule has 1 amide bonds. The molecule has 1 aromatic heterocycles. The second kappa shape index (κ2) is 19.0. The highest BCUT2D eigenvalue weighted by Crippen LogP contribution is 2.41. The molecule has 3 aromatic rings. The first-order valence-corrected chi connectivity index (χ1v) is 21.8. The molecule has 1 aliphatic carbocycles. The molecule has 0 radical (unpaired) electrons. The number of carbonyl (C=O) groups excluding carboxylic acids is 1. The normalized spacial score (nSPS) is 24.9. The number of benzene rings is 2. The second-order valence-electron chi connectivity index (χ2n) is 15.2. The standard InChI is InChI=1S/C39H54F2N4O8S2/c1-4-51-37-26-16-27(23-52-37)34(18-26)53-39(47)44-31(15-25-13-29(40)19-30(41)14-25)33(46)21-45-11-9-7-5-6-8-10-12-50-22-28-17-32-35(20-36(28)55(45,48)49)54-38(43-32)42-24(2)3/h13-14,17,19-20,24,26-27,31,33-34,37,46H,4-12,15-16,18,21-23H2,1-3H3,(H,42,43)(H,44,47)/t26?,27?,31-,33+,34-,37?/m0/s1. The van der Waals surface area contributed by atoms with Crippen LogP contribution in [-0.2, 0) is 42.0 Å². The van der Waals surface area contributed by atoms with Crippen molar-refractivity contribution in [2.45, 2.75) is 121 Å². The van der Waals surface area contributed by atoms with Gasteiger partial charge in [0.25, 0.3) is 0 Å². The van der Waals surface area contributed by atoms with Crippen molar-refractivity contribution in [3.05, 3.63) is 53.1 Å². The largest absolute Gasteiger partial charge is 0.446 e. The molecule has 2 aromatic carbocycles. The van der Waals surface area contributed by atoms with E-state index >= 15 is 0 Å². The number of carbonyl (C=O) groups is 1. The number of nitrogens with one attached hydrogen (secondary N) is 2. The monoisotopic (exact) mass is 808 g/mol. The zero-order valence-electron chi connectivity index (χ0n) is 31.8. The van der Waals surface area contributed by atoms with Crippen molar-refractivity contribution < 1.29 is 46.0 Å². The number of aliphatic hydroxyl groups excluding tert-OH is 1. The average molecular weight is 809 g/mol. The molecule has 3 heterocycles. The van der Waals surface area contributed by atoms with E-state index in [4.69, 9.17) is 18.9 Å². The summed E-state index contributed by atoms with van der Waals surface area (Å²) in [6.07, 6.45) is 3.09. The molecule has 0 spiro atoms. The maximum atomic E-state index is 14.8. The fourth-order valence-corrected chi connectivity index (χ4v) is 10.6. The number of fused-ring (bicyclic) bond motifs is 4. The number of halogens is 2. The maximum absolute atomic E-state index is 14.8. The third-order valence-electron chi connectivity index (χ3n) is 10.5. The van der Waals surface area contributed by atoms with Gasteiger partial charge in [-0.3, -0.25) is 0 Å². The summed E-state index contributed by atoms with van der Waals surface area (Å²) in [5.41, 5.74) is 1.28. The molecule has 2 aliphatic heterocycles. The summed E-state index contributed by atoms with van der Waals surface area (Å²) in [5, 5.41) is 18.6. The predicted octanol–water partition coefficient (Wildman–Crippen LogP) is 6.74. The smallest absolute Gasteiger partial charge is 0.407 e. The third kappa shape index (κ3) is 10.9. The van der Waals surface area contributed by atoms with E-state index in [1.807, 2.05) is 20.8 Å². The number of sulfonamides is 1. The Morgan fingerprint density at radius 3 is 2.55 bits per heavy atom. The number of amides is 1. The van der Waals surface area contributed by atoms with Gasteiger partial charge >= 0.3 is 6.09 Å². The highest BCUT2D eigenvalue weighted by atomic mass is 32.2. The van der Waals surface area contributed by atoms with Gasteiger partial charge in [-0.25, -0.2) is 27.0 Å². The number of anilines is 1. The zero-order chi connectivity index (χ0) is 39.1. The van der Waals surface area contributed by atoms with E-state index < -0.39 is 52.5 Å². The lowest BCUT2D eigenvalue weighted by molar-refractivity contribution is -0.190. The molecule has 1 saturated carbocycles. The van der Waals surface area contributed by atoms with Crippen molar-refractivity contribution in [1.29, 1.82) is 0 Å². The molecule has 3 N–H and O–H groups in total. The van der Waals surface area contributed by atoms with E-state index in [0.717, 1.165) is 56.7 Å². The van der Waals surface area contributed by atoms with Gasteiger partial charge in [0.15, 0.2) is 11.4 Å². The lowest BCUT2D eigenvalue weighted by Crippen LogP contribution is -2.51. The van der Waals surface area contributed by atoms with Gasteiger partial charge in [0.1, 0.15) is 17.7 Å². The van der Waals surface area contributed by atoms with Crippen LogP contribution in [0, 0.1) is 23.5 Å². The Morgan fingerprint density at radius 2 is 1.80 bits per heavy atom. The summed E-state index contributed by atoms with van der Waals surface area (Å²) < 4.78 is 83.6. The second-order valence-corrected chi connectivity index (χ2v) is 18.1. The van der Waals surface area contributed by atoms with Crippen LogP contribution in [0.2, 0.25) is 0 Å². The molecule has 2 bridgehead atoms. The lowest BCUT2D eigenvalue weighted by atomic mass is 10.0. The van der Waals surface area contributed by atoms with Gasteiger partial charge in [-0.1, -0.05) is 37.0 Å². The minimum absolute atomic E-state index is 0.0274. The molecule has 6 rings (SSSR count). The molecule has 304 valence electrons. The fourth-order valence-electron chi connectivity index (χ4n) is 7.79. The van der Waals surface area contributed by atoms with Crippen molar-refractivity contribution in [3.63, 3.8) is 0 Å². The SMILES string of the molecule is CCOC1OCC2CC1C[C@@H]2OC(=O)N[C@@H](Cc1cc(F)cc(F)c1)[C@H](O)CN1CCCCCCCCOCc2cc3nc(NC(C)C)sc3cc2S1(=O)=O. The van der Waals surface area contributed by atoms with Gasteiger partial charge in [0, 0.05) is 50.2 Å². The van der Waals surface area contributed by atoms with Crippen molar-refractivity contribution in [2.24, 2.45) is 11.8 Å². The van der Waals surface area contributed by atoms with Crippen LogP contribution >= 0.6 is 11.3 Å². The van der Waals surface area contributed by atoms with E-state index in [1.54, 1.807) is 12.1 Å². The summed E-state index contributed by atoms with van der Waals surface area (Å²) in [6.45, 7) is 7.01. The molecular formula is C39H54F2N4O8S2. The van der Waals surface area contributed by atoms with Crippen LogP contribution in [0.15, 0.2) is 35.2 Å². The number of nitrogens with zero attached hydrogens (tertiary/aromatic N) is 2. The predicted molar refractivity (Wildman–Crippen MR) is 205 cm³/mol. The van der Waals surface area contributed by atoms with E-state index in [2.05, 4.69) is 15.6 Å². The minimum Gasteiger partial charge on any atom is -0.446 e. The van der Waals surface area contributed by atoms with Crippen molar-refractivity contribution >= 4 is 42.8 Å². The van der Waals surface area contributed by atoms with E-state index in [0.29, 0.717) is 53.6 Å². The Balaban J connectivity index is 1.27. The van der Waals surface area contributed by atoms with Crippen LogP contribution in [0.1, 0.15) is 83.3 Å². The van der Waals surface area contributed by atoms with Gasteiger partial charge in [0.05, 0.1) is 40.5 Å².